The van der Waals surface area contributed by atoms with Gasteiger partial charge in [0.1, 0.15) is 11.5 Å². The minimum absolute atomic E-state index is 0.0998. The summed E-state index contributed by atoms with van der Waals surface area (Å²) in [6, 6.07) is 18.4. The van der Waals surface area contributed by atoms with Crippen LogP contribution in [0, 0.1) is 0 Å². The fourth-order valence-electron chi connectivity index (χ4n) is 3.57. The molecule has 2 heterocycles. The van der Waals surface area contributed by atoms with Crippen LogP contribution < -0.4 is 9.80 Å². The molecular formula is C22H22N4O. The number of hydrogen-bond donors (Lipinski definition) is 0. The van der Waals surface area contributed by atoms with E-state index in [0.717, 1.165) is 24.5 Å². The second kappa shape index (κ2) is 7.19. The molecule has 1 aliphatic heterocycles. The Morgan fingerprint density at radius 2 is 1.81 bits per heavy atom. The third-order valence-electron chi connectivity index (χ3n) is 4.94. The summed E-state index contributed by atoms with van der Waals surface area (Å²) >= 11 is 0. The summed E-state index contributed by atoms with van der Waals surface area (Å²) in [5.41, 5.74) is 3.74. The number of benzene rings is 2. The van der Waals surface area contributed by atoms with Gasteiger partial charge in [-0.1, -0.05) is 48.5 Å². The van der Waals surface area contributed by atoms with E-state index < -0.39 is 0 Å². The third-order valence-corrected chi connectivity index (χ3v) is 4.94. The molecule has 0 fully saturated rings. The van der Waals surface area contributed by atoms with E-state index in [1.807, 2.05) is 53.2 Å². The highest BCUT2D eigenvalue weighted by molar-refractivity contribution is 6.06. The Morgan fingerprint density at radius 1 is 1.07 bits per heavy atom. The molecule has 5 heteroatoms. The molecule has 1 aliphatic rings. The summed E-state index contributed by atoms with van der Waals surface area (Å²) in [5, 5.41) is 0. The van der Waals surface area contributed by atoms with E-state index in [4.69, 9.17) is 0 Å². The highest BCUT2D eigenvalue weighted by Gasteiger charge is 2.31. The SMILES string of the molecule is CC1Cc2ccccc2N1C(=O)c1cnc(N(C)Cc2ccccc2)cn1. The minimum Gasteiger partial charge on any atom is -0.354 e. The van der Waals surface area contributed by atoms with Gasteiger partial charge in [-0.25, -0.2) is 9.97 Å². The van der Waals surface area contributed by atoms with Gasteiger partial charge in [-0.05, 0) is 30.5 Å². The number of fused-ring (bicyclic) bond motifs is 1. The largest absolute Gasteiger partial charge is 0.354 e. The molecule has 2 aromatic carbocycles. The molecule has 27 heavy (non-hydrogen) atoms. The van der Waals surface area contributed by atoms with Crippen LogP contribution >= 0.6 is 0 Å². The molecule has 136 valence electrons. The molecule has 0 saturated heterocycles. The maximum atomic E-state index is 13.0. The van der Waals surface area contributed by atoms with E-state index >= 15 is 0 Å². The molecule has 0 aliphatic carbocycles. The van der Waals surface area contributed by atoms with Gasteiger partial charge < -0.3 is 9.80 Å². The maximum absolute atomic E-state index is 13.0. The Balaban J connectivity index is 1.51. The minimum atomic E-state index is -0.0998. The Morgan fingerprint density at radius 3 is 2.56 bits per heavy atom. The fourth-order valence-corrected chi connectivity index (χ4v) is 3.57. The van der Waals surface area contributed by atoms with Crippen molar-refractivity contribution < 1.29 is 4.79 Å². The lowest BCUT2D eigenvalue weighted by Gasteiger charge is -2.22. The molecule has 0 radical (unpaired) electrons. The molecule has 3 aromatic rings. The molecule has 5 nitrogen and oxygen atoms in total. The zero-order chi connectivity index (χ0) is 18.8. The Hall–Kier alpha value is -3.21. The van der Waals surface area contributed by atoms with Crippen molar-refractivity contribution in [2.45, 2.75) is 25.9 Å². The third kappa shape index (κ3) is 3.40. The summed E-state index contributed by atoms with van der Waals surface area (Å²) < 4.78 is 0. The molecule has 0 saturated carbocycles. The first-order chi connectivity index (χ1) is 13.1. The molecule has 0 N–H and O–H groups in total. The quantitative estimate of drug-likeness (QED) is 0.713. The highest BCUT2D eigenvalue weighted by Crippen LogP contribution is 2.32. The van der Waals surface area contributed by atoms with E-state index in [9.17, 15) is 4.79 Å². The molecular weight excluding hydrogens is 336 g/mol. The predicted molar refractivity (Wildman–Crippen MR) is 107 cm³/mol. The number of carbonyl (C=O) groups excluding carboxylic acids is 1. The average Bonchev–Trinajstić information content (AvgIpc) is 3.04. The lowest BCUT2D eigenvalue weighted by molar-refractivity contribution is 0.0976. The number of aromatic nitrogens is 2. The van der Waals surface area contributed by atoms with Gasteiger partial charge in [0.25, 0.3) is 5.91 Å². The number of nitrogens with zero attached hydrogens (tertiary/aromatic N) is 4. The van der Waals surface area contributed by atoms with Crippen LogP contribution in [0.2, 0.25) is 0 Å². The molecule has 1 unspecified atom stereocenters. The molecule has 0 bridgehead atoms. The zero-order valence-electron chi connectivity index (χ0n) is 15.5. The highest BCUT2D eigenvalue weighted by atomic mass is 16.2. The fraction of sp³-hybridized carbons (Fsp3) is 0.227. The van der Waals surface area contributed by atoms with Gasteiger partial charge in [-0.3, -0.25) is 4.79 Å². The standard InChI is InChI=1S/C22H22N4O/c1-16-12-18-10-6-7-11-20(18)26(16)22(27)19-13-24-21(14-23-19)25(2)15-17-8-4-3-5-9-17/h3-11,13-14,16H,12,15H2,1-2H3. The second-order valence-electron chi connectivity index (χ2n) is 6.96. The summed E-state index contributed by atoms with van der Waals surface area (Å²) in [4.78, 5) is 25.7. The topological polar surface area (TPSA) is 49.3 Å². The van der Waals surface area contributed by atoms with E-state index in [1.165, 1.54) is 11.1 Å². The van der Waals surface area contributed by atoms with Gasteiger partial charge in [-0.15, -0.1) is 0 Å². The van der Waals surface area contributed by atoms with Crippen molar-refractivity contribution in [2.75, 3.05) is 16.8 Å². The van der Waals surface area contributed by atoms with Crippen LogP contribution in [0.1, 0.15) is 28.5 Å². The van der Waals surface area contributed by atoms with Gasteiger partial charge in [-0.2, -0.15) is 0 Å². The number of para-hydroxylation sites is 1. The molecule has 1 aromatic heterocycles. The monoisotopic (exact) mass is 358 g/mol. The van der Waals surface area contributed by atoms with E-state index in [2.05, 4.69) is 35.1 Å². The summed E-state index contributed by atoms with van der Waals surface area (Å²) in [6.45, 7) is 2.80. The summed E-state index contributed by atoms with van der Waals surface area (Å²) in [7, 11) is 1.97. The van der Waals surface area contributed by atoms with Crippen molar-refractivity contribution in [1.82, 2.24) is 9.97 Å². The van der Waals surface area contributed by atoms with Crippen molar-refractivity contribution >= 4 is 17.4 Å². The van der Waals surface area contributed by atoms with Crippen molar-refractivity contribution in [1.29, 1.82) is 0 Å². The normalized spacial score (nSPS) is 15.5. The Bertz CT molecular complexity index is 940. The van der Waals surface area contributed by atoms with Crippen molar-refractivity contribution in [3.63, 3.8) is 0 Å². The molecule has 0 spiro atoms. The second-order valence-corrected chi connectivity index (χ2v) is 6.96. The van der Waals surface area contributed by atoms with Crippen LogP contribution in [0.25, 0.3) is 0 Å². The van der Waals surface area contributed by atoms with Gasteiger partial charge in [0, 0.05) is 25.3 Å². The van der Waals surface area contributed by atoms with Crippen molar-refractivity contribution in [3.05, 3.63) is 83.8 Å². The van der Waals surface area contributed by atoms with Crippen LogP contribution in [0.15, 0.2) is 67.0 Å². The van der Waals surface area contributed by atoms with Crippen molar-refractivity contribution in [2.24, 2.45) is 0 Å². The van der Waals surface area contributed by atoms with Crippen LogP contribution in [-0.4, -0.2) is 29.0 Å². The van der Waals surface area contributed by atoms with Gasteiger partial charge in [0.15, 0.2) is 0 Å². The number of rotatable bonds is 4. The molecule has 1 amide bonds. The molecule has 4 rings (SSSR count). The van der Waals surface area contributed by atoms with Crippen LogP contribution in [0.5, 0.6) is 0 Å². The number of hydrogen-bond acceptors (Lipinski definition) is 4. The maximum Gasteiger partial charge on any atom is 0.278 e. The van der Waals surface area contributed by atoms with Gasteiger partial charge in [0.05, 0.1) is 12.4 Å². The van der Waals surface area contributed by atoms with Gasteiger partial charge in [0.2, 0.25) is 0 Å². The van der Waals surface area contributed by atoms with Crippen LogP contribution in [0.3, 0.4) is 0 Å². The first-order valence-corrected chi connectivity index (χ1v) is 9.12. The zero-order valence-corrected chi connectivity index (χ0v) is 15.5. The summed E-state index contributed by atoms with van der Waals surface area (Å²) in [5.74, 6) is 0.641. The Kier molecular flexibility index (Phi) is 4.59. The smallest absolute Gasteiger partial charge is 0.278 e. The van der Waals surface area contributed by atoms with Crippen LogP contribution in [0.4, 0.5) is 11.5 Å². The lowest BCUT2D eigenvalue weighted by atomic mass is 10.1. The first kappa shape index (κ1) is 17.2. The first-order valence-electron chi connectivity index (χ1n) is 9.12. The van der Waals surface area contributed by atoms with E-state index in [-0.39, 0.29) is 11.9 Å². The average molecular weight is 358 g/mol. The van der Waals surface area contributed by atoms with E-state index in [1.54, 1.807) is 12.4 Å². The van der Waals surface area contributed by atoms with Gasteiger partial charge >= 0.3 is 0 Å². The lowest BCUT2D eigenvalue weighted by Crippen LogP contribution is -2.36. The van der Waals surface area contributed by atoms with Crippen molar-refractivity contribution in [3.8, 4) is 0 Å². The van der Waals surface area contributed by atoms with Crippen LogP contribution in [-0.2, 0) is 13.0 Å². The summed E-state index contributed by atoms with van der Waals surface area (Å²) in [6.07, 6.45) is 4.11. The number of carbonyl (C=O) groups is 1. The Labute approximate surface area is 159 Å². The predicted octanol–water partition coefficient (Wildman–Crippen LogP) is 3.70. The number of anilines is 2. The molecule has 1 atom stereocenters. The van der Waals surface area contributed by atoms with E-state index in [0.29, 0.717) is 5.69 Å². The number of amides is 1.